The van der Waals surface area contributed by atoms with E-state index in [4.69, 9.17) is 5.73 Å². The molecule has 2 aromatic rings. The highest BCUT2D eigenvalue weighted by Gasteiger charge is 2.67. The molecule has 8 nitrogen and oxygen atoms in total. The molecule has 0 radical (unpaired) electrons. The van der Waals surface area contributed by atoms with Gasteiger partial charge in [0.2, 0.25) is 5.50 Å². The smallest absolute Gasteiger partial charge is 0.387 e. The van der Waals surface area contributed by atoms with Crippen molar-refractivity contribution in [3.63, 3.8) is 0 Å². The van der Waals surface area contributed by atoms with E-state index in [0.717, 1.165) is 25.3 Å². The van der Waals surface area contributed by atoms with Crippen LogP contribution in [0.4, 0.5) is 23.2 Å². The molecule has 13 heteroatoms. The van der Waals surface area contributed by atoms with E-state index in [1.807, 2.05) is 0 Å². The Kier molecular flexibility index (Phi) is 5.58. The lowest BCUT2D eigenvalue weighted by Crippen LogP contribution is -2.54. The van der Waals surface area contributed by atoms with Crippen molar-refractivity contribution in [3.05, 3.63) is 53.1 Å². The molecule has 2 atom stereocenters. The number of pyridine rings is 1. The number of amidine groups is 1. The van der Waals surface area contributed by atoms with Crippen LogP contribution in [0.1, 0.15) is 41.4 Å². The number of rotatable bonds is 5. The van der Waals surface area contributed by atoms with Gasteiger partial charge in [0, 0.05) is 11.3 Å². The molecule has 1 spiro atoms. The van der Waals surface area contributed by atoms with Gasteiger partial charge in [-0.1, -0.05) is 0 Å². The fourth-order valence-corrected chi connectivity index (χ4v) is 6.21. The summed E-state index contributed by atoms with van der Waals surface area (Å²) in [6.45, 7) is -0.493. The molecule has 34 heavy (non-hydrogen) atoms. The highest BCUT2D eigenvalue weighted by atomic mass is 32.2. The number of benzene rings is 1. The fraction of sp³-hybridized carbons (Fsp3) is 0.381. The summed E-state index contributed by atoms with van der Waals surface area (Å²) >= 11 is 0. The van der Waals surface area contributed by atoms with E-state index >= 15 is 4.39 Å². The standard InChI is InChI=1S/C21H20F4N4O4S/c1-10-7-12(33-19(24)25)9-27-15(10)16(30)28-11-3-4-14(22)13(8-11)20(2)17(23)34(31,32)21(5-6-21)18(26)29-20/h3-4,7-9,17,19H,5-6H2,1-2H3,(H2,26,29)(H,28,30). The lowest BCUT2D eigenvalue weighted by molar-refractivity contribution is -0.0501. The van der Waals surface area contributed by atoms with Crippen molar-refractivity contribution in [2.45, 2.75) is 49.1 Å². The van der Waals surface area contributed by atoms with Gasteiger partial charge >= 0.3 is 6.61 Å². The molecule has 182 valence electrons. The molecule has 1 aliphatic carbocycles. The Hall–Kier alpha value is -3.22. The minimum Gasteiger partial charge on any atom is -0.433 e. The van der Waals surface area contributed by atoms with Gasteiger partial charge < -0.3 is 15.8 Å². The van der Waals surface area contributed by atoms with Gasteiger partial charge in [0.05, 0.1) is 6.20 Å². The Morgan fingerprint density at radius 3 is 2.56 bits per heavy atom. The lowest BCUT2D eigenvalue weighted by Gasteiger charge is -2.37. The van der Waals surface area contributed by atoms with Crippen LogP contribution in [0.3, 0.4) is 0 Å². The first-order chi connectivity index (χ1) is 15.8. The molecule has 3 N–H and O–H groups in total. The van der Waals surface area contributed by atoms with Crippen LogP contribution in [0.15, 0.2) is 35.5 Å². The summed E-state index contributed by atoms with van der Waals surface area (Å²) in [5.74, 6) is -2.22. The lowest BCUT2D eigenvalue weighted by atomic mass is 9.92. The summed E-state index contributed by atoms with van der Waals surface area (Å²) < 4.78 is 83.1. The Morgan fingerprint density at radius 1 is 1.29 bits per heavy atom. The van der Waals surface area contributed by atoms with Crippen LogP contribution in [0.2, 0.25) is 0 Å². The van der Waals surface area contributed by atoms with Crippen molar-refractivity contribution >= 4 is 27.3 Å². The zero-order valence-corrected chi connectivity index (χ0v) is 18.8. The summed E-state index contributed by atoms with van der Waals surface area (Å²) in [5.41, 5.74) is 0.832. The maximum absolute atomic E-state index is 15.3. The first kappa shape index (κ1) is 23.9. The normalized spacial score (nSPS) is 24.6. The molecule has 0 saturated heterocycles. The van der Waals surface area contributed by atoms with Gasteiger partial charge in [0.25, 0.3) is 5.91 Å². The molecule has 1 aliphatic heterocycles. The van der Waals surface area contributed by atoms with Crippen molar-refractivity contribution in [1.82, 2.24) is 4.98 Å². The number of nitrogens with zero attached hydrogens (tertiary/aromatic N) is 2. The number of sulfone groups is 1. The molecule has 2 unspecified atom stereocenters. The Balaban J connectivity index is 1.66. The van der Waals surface area contributed by atoms with Gasteiger partial charge in [0.15, 0.2) is 9.84 Å². The molecule has 2 heterocycles. The second kappa shape index (κ2) is 7.93. The number of aliphatic imine (C=N–C) groups is 1. The van der Waals surface area contributed by atoms with Crippen LogP contribution in [-0.4, -0.2) is 42.0 Å². The maximum Gasteiger partial charge on any atom is 0.387 e. The summed E-state index contributed by atoms with van der Waals surface area (Å²) in [4.78, 5) is 20.5. The number of hydrogen-bond donors (Lipinski definition) is 2. The quantitative estimate of drug-likeness (QED) is 0.608. The molecular formula is C21H20F4N4O4S. The third-order valence-electron chi connectivity index (χ3n) is 6.05. The van der Waals surface area contributed by atoms with E-state index in [0.29, 0.717) is 0 Å². The summed E-state index contributed by atoms with van der Waals surface area (Å²) in [5, 5.41) is 2.45. The molecule has 1 amide bonds. The first-order valence-corrected chi connectivity index (χ1v) is 11.6. The van der Waals surface area contributed by atoms with Crippen LogP contribution in [-0.2, 0) is 15.4 Å². The number of ether oxygens (including phenoxy) is 1. The highest BCUT2D eigenvalue weighted by molar-refractivity contribution is 7.94. The fourth-order valence-electron chi connectivity index (χ4n) is 4.02. The molecule has 1 aromatic heterocycles. The van der Waals surface area contributed by atoms with Crippen molar-refractivity contribution in [2.24, 2.45) is 10.7 Å². The first-order valence-electron chi connectivity index (χ1n) is 10.1. The molecule has 4 rings (SSSR count). The molecule has 0 bridgehead atoms. The van der Waals surface area contributed by atoms with E-state index in [1.165, 1.54) is 19.1 Å². The Bertz CT molecular complexity index is 1310. The third-order valence-corrected chi connectivity index (χ3v) is 8.76. The van der Waals surface area contributed by atoms with Crippen LogP contribution >= 0.6 is 0 Å². The van der Waals surface area contributed by atoms with Gasteiger partial charge in [-0.05, 0) is 56.5 Å². The Morgan fingerprint density at radius 2 is 1.97 bits per heavy atom. The second-order valence-electron chi connectivity index (χ2n) is 8.36. The Labute approximate surface area is 192 Å². The number of nitrogens with one attached hydrogen (secondary N) is 1. The highest BCUT2D eigenvalue weighted by Crippen LogP contribution is 2.54. The van der Waals surface area contributed by atoms with E-state index in [-0.39, 0.29) is 41.4 Å². The largest absolute Gasteiger partial charge is 0.433 e. The number of hydrogen-bond acceptors (Lipinski definition) is 7. The molecule has 2 aliphatic rings. The zero-order chi connectivity index (χ0) is 25.1. The second-order valence-corrected chi connectivity index (χ2v) is 10.6. The number of halogens is 4. The number of carbonyl (C=O) groups excluding carboxylic acids is 1. The predicted octanol–water partition coefficient (Wildman–Crippen LogP) is 3.21. The van der Waals surface area contributed by atoms with E-state index in [9.17, 15) is 26.4 Å². The van der Waals surface area contributed by atoms with Crippen LogP contribution in [0.25, 0.3) is 0 Å². The van der Waals surface area contributed by atoms with E-state index < -0.39 is 49.5 Å². The zero-order valence-electron chi connectivity index (χ0n) is 18.0. The van der Waals surface area contributed by atoms with Crippen molar-refractivity contribution < 1.29 is 35.5 Å². The predicted molar refractivity (Wildman–Crippen MR) is 115 cm³/mol. The number of nitrogens with two attached hydrogens (primary N) is 1. The molecule has 1 fully saturated rings. The number of aryl methyl sites for hydroxylation is 1. The third kappa shape index (κ3) is 3.67. The minimum absolute atomic E-state index is 0.00168. The molecule has 1 aromatic carbocycles. The van der Waals surface area contributed by atoms with Crippen LogP contribution < -0.4 is 15.8 Å². The summed E-state index contributed by atoms with van der Waals surface area (Å²) in [6.07, 6.45) is 1.23. The van der Waals surface area contributed by atoms with E-state index in [1.54, 1.807) is 0 Å². The van der Waals surface area contributed by atoms with Crippen LogP contribution in [0.5, 0.6) is 5.75 Å². The van der Waals surface area contributed by atoms with Gasteiger partial charge in [0.1, 0.15) is 33.4 Å². The maximum atomic E-state index is 15.3. The van der Waals surface area contributed by atoms with Gasteiger partial charge in [-0.3, -0.25) is 9.79 Å². The number of carbonyl (C=O) groups is 1. The monoisotopic (exact) mass is 500 g/mol. The minimum atomic E-state index is -4.40. The van der Waals surface area contributed by atoms with E-state index in [2.05, 4.69) is 20.0 Å². The average Bonchev–Trinajstić information content (AvgIpc) is 3.55. The summed E-state index contributed by atoms with van der Waals surface area (Å²) in [6, 6.07) is 4.38. The van der Waals surface area contributed by atoms with Crippen molar-refractivity contribution in [1.29, 1.82) is 0 Å². The van der Waals surface area contributed by atoms with Crippen molar-refractivity contribution in [2.75, 3.05) is 5.32 Å². The summed E-state index contributed by atoms with van der Waals surface area (Å²) in [7, 11) is -4.40. The molecular weight excluding hydrogens is 480 g/mol. The topological polar surface area (TPSA) is 124 Å². The average molecular weight is 500 g/mol. The van der Waals surface area contributed by atoms with Gasteiger partial charge in [-0.15, -0.1) is 0 Å². The number of aromatic nitrogens is 1. The SMILES string of the molecule is Cc1cc(OC(F)F)cnc1C(=O)Nc1ccc(F)c(C2(C)N=C(N)C3(CC3)S(=O)(=O)C2F)c1. The number of alkyl halides is 3. The van der Waals surface area contributed by atoms with Crippen molar-refractivity contribution in [3.8, 4) is 5.75 Å². The van der Waals surface area contributed by atoms with Crippen LogP contribution in [0, 0.1) is 12.7 Å². The van der Waals surface area contributed by atoms with Gasteiger partial charge in [-0.2, -0.15) is 8.78 Å². The van der Waals surface area contributed by atoms with Gasteiger partial charge in [-0.25, -0.2) is 22.2 Å². The molecule has 1 saturated carbocycles. The number of anilines is 1. The number of amides is 1.